The van der Waals surface area contributed by atoms with Gasteiger partial charge in [-0.2, -0.15) is 13.2 Å². The Morgan fingerprint density at radius 3 is 2.37 bits per heavy atom. The van der Waals surface area contributed by atoms with Crippen molar-refractivity contribution in [2.45, 2.75) is 6.18 Å². The quantitative estimate of drug-likeness (QED) is 0.677. The Kier molecular flexibility index (Phi) is 4.21. The lowest BCUT2D eigenvalue weighted by atomic mass is 10.1. The fourth-order valence-corrected chi connectivity index (χ4v) is 1.34. The van der Waals surface area contributed by atoms with E-state index in [2.05, 4.69) is 6.58 Å². The molecule has 1 aromatic carbocycles. The van der Waals surface area contributed by atoms with Gasteiger partial charge >= 0.3 is 6.18 Å². The third-order valence-electron chi connectivity index (χ3n) is 2.17. The van der Waals surface area contributed by atoms with Crippen molar-refractivity contribution >= 4 is 23.7 Å². The second-order valence-corrected chi connectivity index (χ2v) is 3.41. The highest BCUT2D eigenvalue weighted by atomic mass is 19.4. The average molecular weight is 270 g/mol. The Balaban J connectivity index is 3.31. The molecule has 1 N–H and O–H groups in total. The van der Waals surface area contributed by atoms with Gasteiger partial charge in [0.2, 0.25) is 0 Å². The van der Waals surface area contributed by atoms with Gasteiger partial charge < -0.3 is 5.41 Å². The standard InChI is InChI=1S/C12H9F3N2O2/c1-2-10(18)17(11(19)7-16)9-5-3-4-8(6-9)12(13,14)15/h2-7,16H,1H2. The molecule has 0 saturated carbocycles. The maximum atomic E-state index is 12.5. The van der Waals surface area contributed by atoms with Crippen molar-refractivity contribution < 1.29 is 22.8 Å². The number of anilines is 1. The van der Waals surface area contributed by atoms with Gasteiger partial charge in [-0.3, -0.25) is 9.59 Å². The number of imide groups is 1. The predicted molar refractivity (Wildman–Crippen MR) is 62.9 cm³/mol. The Hall–Kier alpha value is -2.44. The lowest BCUT2D eigenvalue weighted by Crippen LogP contribution is -2.36. The molecule has 0 aliphatic rings. The zero-order valence-corrected chi connectivity index (χ0v) is 9.57. The van der Waals surface area contributed by atoms with Crippen LogP contribution in [0, 0.1) is 5.41 Å². The van der Waals surface area contributed by atoms with Crippen LogP contribution in [0.1, 0.15) is 5.56 Å². The van der Waals surface area contributed by atoms with Crippen LogP contribution in [0.3, 0.4) is 0 Å². The first-order valence-electron chi connectivity index (χ1n) is 4.99. The molecule has 0 unspecified atom stereocenters. The predicted octanol–water partition coefficient (Wildman–Crippen LogP) is 2.40. The minimum Gasteiger partial charge on any atom is -0.303 e. The van der Waals surface area contributed by atoms with Crippen LogP contribution in [0.25, 0.3) is 0 Å². The van der Waals surface area contributed by atoms with Crippen LogP contribution in [-0.2, 0) is 15.8 Å². The maximum Gasteiger partial charge on any atom is 0.416 e. The largest absolute Gasteiger partial charge is 0.416 e. The minimum atomic E-state index is -4.59. The summed E-state index contributed by atoms with van der Waals surface area (Å²) in [5.41, 5.74) is -1.27. The zero-order chi connectivity index (χ0) is 14.6. The molecule has 0 aliphatic heterocycles. The number of hydrogen-bond acceptors (Lipinski definition) is 3. The van der Waals surface area contributed by atoms with Crippen molar-refractivity contribution in [1.29, 1.82) is 5.41 Å². The van der Waals surface area contributed by atoms with E-state index < -0.39 is 23.6 Å². The number of hydrogen-bond donors (Lipinski definition) is 1. The van der Waals surface area contributed by atoms with Gasteiger partial charge in [-0.25, -0.2) is 4.90 Å². The normalized spacial score (nSPS) is 10.7. The number of halogens is 3. The Bertz CT molecular complexity index is 518. The number of rotatable bonds is 3. The fourth-order valence-electron chi connectivity index (χ4n) is 1.34. The summed E-state index contributed by atoms with van der Waals surface area (Å²) in [6, 6.07) is 3.70. The first kappa shape index (κ1) is 14.6. The van der Waals surface area contributed by atoms with Gasteiger partial charge in [-0.05, 0) is 24.3 Å². The molecule has 7 heteroatoms. The summed E-state index contributed by atoms with van der Waals surface area (Å²) in [5.74, 6) is -1.96. The van der Waals surface area contributed by atoms with Gasteiger partial charge in [0.05, 0.1) is 17.5 Å². The summed E-state index contributed by atoms with van der Waals surface area (Å²) >= 11 is 0. The van der Waals surface area contributed by atoms with Gasteiger partial charge in [0.25, 0.3) is 11.8 Å². The lowest BCUT2D eigenvalue weighted by Gasteiger charge is -2.18. The van der Waals surface area contributed by atoms with E-state index in [9.17, 15) is 22.8 Å². The van der Waals surface area contributed by atoms with Crippen molar-refractivity contribution in [3.8, 4) is 0 Å². The van der Waals surface area contributed by atoms with E-state index in [-0.39, 0.29) is 5.69 Å². The molecule has 0 spiro atoms. The molecule has 2 amide bonds. The zero-order valence-electron chi connectivity index (χ0n) is 9.57. The van der Waals surface area contributed by atoms with Gasteiger partial charge in [0, 0.05) is 0 Å². The van der Waals surface area contributed by atoms with Crippen LogP contribution in [0.2, 0.25) is 0 Å². The van der Waals surface area contributed by atoms with E-state index in [1.807, 2.05) is 0 Å². The Morgan fingerprint density at radius 2 is 1.89 bits per heavy atom. The highest BCUT2D eigenvalue weighted by Crippen LogP contribution is 2.31. The van der Waals surface area contributed by atoms with E-state index in [1.54, 1.807) is 0 Å². The summed E-state index contributed by atoms with van der Waals surface area (Å²) in [6.45, 7) is 3.15. The first-order valence-corrected chi connectivity index (χ1v) is 4.99. The molecule has 100 valence electrons. The number of alkyl halides is 3. The molecule has 1 rings (SSSR count). The molecule has 0 aliphatic carbocycles. The second kappa shape index (κ2) is 5.47. The topological polar surface area (TPSA) is 61.2 Å². The summed E-state index contributed by atoms with van der Waals surface area (Å²) in [7, 11) is 0. The molecule has 0 heterocycles. The molecule has 19 heavy (non-hydrogen) atoms. The van der Waals surface area contributed by atoms with Gasteiger partial charge in [-0.1, -0.05) is 12.6 Å². The van der Waals surface area contributed by atoms with Crippen LogP contribution in [0.4, 0.5) is 18.9 Å². The van der Waals surface area contributed by atoms with Crippen LogP contribution in [-0.4, -0.2) is 18.0 Å². The molecule has 0 aromatic heterocycles. The van der Waals surface area contributed by atoms with Crippen LogP contribution in [0.5, 0.6) is 0 Å². The molecule has 4 nitrogen and oxygen atoms in total. The number of nitrogens with zero attached hydrogens (tertiary/aromatic N) is 1. The molecule has 0 atom stereocenters. The van der Waals surface area contributed by atoms with Crippen LogP contribution >= 0.6 is 0 Å². The summed E-state index contributed by atoms with van der Waals surface area (Å²) in [6.07, 6.45) is -3.48. The van der Waals surface area contributed by atoms with Gasteiger partial charge in [0.15, 0.2) is 0 Å². The van der Waals surface area contributed by atoms with Crippen molar-refractivity contribution in [3.63, 3.8) is 0 Å². The molecular formula is C12H9F3N2O2. The van der Waals surface area contributed by atoms with E-state index in [4.69, 9.17) is 5.41 Å². The summed E-state index contributed by atoms with van der Waals surface area (Å²) in [5, 5.41) is 6.81. The van der Waals surface area contributed by atoms with Gasteiger partial charge in [-0.15, -0.1) is 0 Å². The molecule has 1 aromatic rings. The van der Waals surface area contributed by atoms with Crippen molar-refractivity contribution in [2.24, 2.45) is 0 Å². The molecule has 0 fully saturated rings. The Morgan fingerprint density at radius 1 is 1.26 bits per heavy atom. The van der Waals surface area contributed by atoms with E-state index in [1.165, 1.54) is 0 Å². The van der Waals surface area contributed by atoms with Crippen molar-refractivity contribution in [2.75, 3.05) is 4.90 Å². The second-order valence-electron chi connectivity index (χ2n) is 3.41. The molecule has 0 saturated heterocycles. The number of nitrogens with one attached hydrogen (secondary N) is 1. The molecule has 0 bridgehead atoms. The highest BCUT2D eigenvalue weighted by Gasteiger charge is 2.31. The minimum absolute atomic E-state index is 0.270. The third-order valence-corrected chi connectivity index (χ3v) is 2.17. The number of carbonyl (C=O) groups excluding carboxylic acids is 2. The monoisotopic (exact) mass is 270 g/mol. The van der Waals surface area contributed by atoms with Crippen LogP contribution < -0.4 is 4.90 Å². The smallest absolute Gasteiger partial charge is 0.303 e. The fraction of sp³-hybridized carbons (Fsp3) is 0.0833. The SMILES string of the molecule is C=CC(=O)N(C(=O)C=N)c1cccc(C(F)(F)F)c1. The van der Waals surface area contributed by atoms with Crippen molar-refractivity contribution in [3.05, 3.63) is 42.5 Å². The van der Waals surface area contributed by atoms with Crippen molar-refractivity contribution in [1.82, 2.24) is 0 Å². The summed E-state index contributed by atoms with van der Waals surface area (Å²) in [4.78, 5) is 23.3. The highest BCUT2D eigenvalue weighted by molar-refractivity contribution is 6.39. The number of benzene rings is 1. The lowest BCUT2D eigenvalue weighted by molar-refractivity contribution is -0.137. The van der Waals surface area contributed by atoms with Crippen LogP contribution in [0.15, 0.2) is 36.9 Å². The van der Waals surface area contributed by atoms with Gasteiger partial charge in [0.1, 0.15) is 0 Å². The maximum absolute atomic E-state index is 12.5. The van der Waals surface area contributed by atoms with E-state index >= 15 is 0 Å². The molecule has 0 radical (unpaired) electrons. The molecular weight excluding hydrogens is 261 g/mol. The Labute approximate surface area is 106 Å². The number of amides is 2. The first-order chi connectivity index (χ1) is 8.81. The summed E-state index contributed by atoms with van der Waals surface area (Å²) < 4.78 is 37.6. The third kappa shape index (κ3) is 3.27. The van der Waals surface area contributed by atoms with E-state index in [0.717, 1.165) is 24.3 Å². The average Bonchev–Trinajstić information content (AvgIpc) is 2.37. The van der Waals surface area contributed by atoms with E-state index in [0.29, 0.717) is 17.2 Å². The number of carbonyl (C=O) groups is 2.